The molecule has 0 radical (unpaired) electrons. The molecule has 0 aliphatic carbocycles. The molecule has 2 fully saturated rings. The van der Waals surface area contributed by atoms with Crippen LogP contribution in [0.2, 0.25) is 0 Å². The predicted molar refractivity (Wildman–Crippen MR) is 104 cm³/mol. The number of nitrogens with zero attached hydrogens (tertiary/aromatic N) is 1. The molecule has 2 aliphatic heterocycles. The molecule has 2 bridgehead atoms. The van der Waals surface area contributed by atoms with Crippen LogP contribution in [0.15, 0.2) is 48.5 Å². The molecule has 2 aromatic rings. The second-order valence-electron chi connectivity index (χ2n) is 8.23. The van der Waals surface area contributed by atoms with Gasteiger partial charge in [-0.25, -0.2) is 13.6 Å². The molecule has 154 valence electrons. The lowest BCUT2D eigenvalue weighted by atomic mass is 9.73. The first-order chi connectivity index (χ1) is 13.9. The SMILES string of the molecule is O=C(OCc1ccccc1)N1C2CCCC1CC(O)(Cc1ccc(F)cc1F)C2. The van der Waals surface area contributed by atoms with Crippen LogP contribution in [0.4, 0.5) is 13.6 Å². The molecule has 2 aliphatic rings. The van der Waals surface area contributed by atoms with Gasteiger partial charge in [0.15, 0.2) is 0 Å². The molecule has 29 heavy (non-hydrogen) atoms. The molecule has 2 unspecified atom stereocenters. The van der Waals surface area contributed by atoms with Gasteiger partial charge in [0.1, 0.15) is 18.2 Å². The topological polar surface area (TPSA) is 49.8 Å². The Morgan fingerprint density at radius 3 is 2.45 bits per heavy atom. The second kappa shape index (κ2) is 8.11. The number of carbonyl (C=O) groups excluding carboxylic acids is 1. The molecule has 6 heteroatoms. The number of hydrogen-bond acceptors (Lipinski definition) is 3. The van der Waals surface area contributed by atoms with Crippen LogP contribution >= 0.6 is 0 Å². The fraction of sp³-hybridized carbons (Fsp3) is 0.435. The minimum atomic E-state index is -1.12. The summed E-state index contributed by atoms with van der Waals surface area (Å²) in [5, 5.41) is 11.2. The molecular weight excluding hydrogens is 376 g/mol. The van der Waals surface area contributed by atoms with Crippen molar-refractivity contribution >= 4 is 6.09 Å². The van der Waals surface area contributed by atoms with Crippen molar-refractivity contribution < 1.29 is 23.4 Å². The highest BCUT2D eigenvalue weighted by Crippen LogP contribution is 2.41. The van der Waals surface area contributed by atoms with Gasteiger partial charge >= 0.3 is 6.09 Å². The molecule has 4 nitrogen and oxygen atoms in total. The Kier molecular flexibility index (Phi) is 5.54. The molecule has 2 saturated heterocycles. The summed E-state index contributed by atoms with van der Waals surface area (Å²) in [5.74, 6) is -1.28. The van der Waals surface area contributed by atoms with E-state index in [0.29, 0.717) is 18.4 Å². The van der Waals surface area contributed by atoms with Crippen molar-refractivity contribution in [1.82, 2.24) is 4.90 Å². The average Bonchev–Trinajstić information content (AvgIpc) is 2.68. The Balaban J connectivity index is 1.44. The number of carbonyl (C=O) groups is 1. The lowest BCUT2D eigenvalue weighted by Crippen LogP contribution is -2.60. The van der Waals surface area contributed by atoms with Crippen LogP contribution in [-0.4, -0.2) is 33.8 Å². The second-order valence-corrected chi connectivity index (χ2v) is 8.23. The molecule has 2 aromatic carbocycles. The molecule has 0 aromatic heterocycles. The van der Waals surface area contributed by atoms with E-state index < -0.39 is 17.2 Å². The van der Waals surface area contributed by atoms with Crippen LogP contribution in [0.3, 0.4) is 0 Å². The van der Waals surface area contributed by atoms with E-state index in [-0.39, 0.29) is 31.2 Å². The van der Waals surface area contributed by atoms with Crippen molar-refractivity contribution in [2.24, 2.45) is 0 Å². The van der Waals surface area contributed by atoms with Crippen molar-refractivity contribution in [3.05, 3.63) is 71.3 Å². The molecule has 0 spiro atoms. The number of fused-ring (bicyclic) bond motifs is 2. The lowest BCUT2D eigenvalue weighted by Gasteiger charge is -2.51. The third-order valence-corrected chi connectivity index (χ3v) is 6.04. The predicted octanol–water partition coefficient (Wildman–Crippen LogP) is 4.59. The summed E-state index contributed by atoms with van der Waals surface area (Å²) in [6.07, 6.45) is 3.02. The van der Waals surface area contributed by atoms with E-state index in [1.54, 1.807) is 4.90 Å². The molecule has 0 saturated carbocycles. The maximum atomic E-state index is 14.1. The van der Waals surface area contributed by atoms with Gasteiger partial charge < -0.3 is 14.7 Å². The molecule has 2 heterocycles. The third kappa shape index (κ3) is 4.42. The maximum Gasteiger partial charge on any atom is 0.410 e. The summed E-state index contributed by atoms with van der Waals surface area (Å²) < 4.78 is 32.8. The summed E-state index contributed by atoms with van der Waals surface area (Å²) in [7, 11) is 0. The lowest BCUT2D eigenvalue weighted by molar-refractivity contribution is -0.0849. The number of amides is 1. The van der Waals surface area contributed by atoms with Crippen LogP contribution in [0.25, 0.3) is 0 Å². The van der Waals surface area contributed by atoms with Gasteiger partial charge in [-0.15, -0.1) is 0 Å². The smallest absolute Gasteiger partial charge is 0.410 e. The number of aliphatic hydroxyl groups is 1. The van der Waals surface area contributed by atoms with E-state index in [4.69, 9.17) is 4.74 Å². The summed E-state index contributed by atoms with van der Waals surface area (Å²) in [4.78, 5) is 14.5. The van der Waals surface area contributed by atoms with E-state index in [9.17, 15) is 18.7 Å². The number of halogens is 2. The van der Waals surface area contributed by atoms with Gasteiger partial charge in [-0.1, -0.05) is 36.4 Å². The monoisotopic (exact) mass is 401 g/mol. The molecule has 1 amide bonds. The quantitative estimate of drug-likeness (QED) is 0.815. The molecule has 4 rings (SSSR count). The highest BCUT2D eigenvalue weighted by molar-refractivity contribution is 5.69. The normalized spacial score (nSPS) is 26.2. The fourth-order valence-corrected chi connectivity index (χ4v) is 4.78. The number of rotatable bonds is 4. The summed E-state index contributed by atoms with van der Waals surface area (Å²) in [6.45, 7) is 0.209. The minimum Gasteiger partial charge on any atom is -0.445 e. The van der Waals surface area contributed by atoms with Gasteiger partial charge in [0.05, 0.1) is 5.60 Å². The van der Waals surface area contributed by atoms with Crippen molar-refractivity contribution in [2.45, 2.75) is 62.8 Å². The number of ether oxygens (including phenoxy) is 1. The number of hydrogen-bond donors (Lipinski definition) is 1. The summed E-state index contributed by atoms with van der Waals surface area (Å²) >= 11 is 0. The van der Waals surface area contributed by atoms with Crippen LogP contribution in [0, 0.1) is 11.6 Å². The Morgan fingerprint density at radius 2 is 1.79 bits per heavy atom. The summed E-state index contributed by atoms with van der Waals surface area (Å²) in [5.41, 5.74) is 0.100. The first-order valence-electron chi connectivity index (χ1n) is 10.1. The van der Waals surface area contributed by atoms with Crippen LogP contribution in [0.1, 0.15) is 43.2 Å². The van der Waals surface area contributed by atoms with Crippen LogP contribution in [0.5, 0.6) is 0 Å². The average molecular weight is 401 g/mol. The zero-order valence-electron chi connectivity index (χ0n) is 16.2. The Labute approximate surface area is 169 Å². The zero-order valence-corrected chi connectivity index (χ0v) is 16.2. The van der Waals surface area contributed by atoms with Crippen molar-refractivity contribution in [1.29, 1.82) is 0 Å². The van der Waals surface area contributed by atoms with Gasteiger partial charge in [-0.3, -0.25) is 0 Å². The van der Waals surface area contributed by atoms with E-state index in [2.05, 4.69) is 0 Å². The number of benzene rings is 2. The maximum absolute atomic E-state index is 14.1. The van der Waals surface area contributed by atoms with Crippen LogP contribution < -0.4 is 0 Å². The van der Waals surface area contributed by atoms with E-state index in [1.807, 2.05) is 30.3 Å². The zero-order chi connectivity index (χ0) is 20.4. The van der Waals surface area contributed by atoms with Gasteiger partial charge in [0, 0.05) is 24.6 Å². The first kappa shape index (κ1) is 19.8. The van der Waals surface area contributed by atoms with Gasteiger partial charge in [-0.2, -0.15) is 0 Å². The van der Waals surface area contributed by atoms with Crippen molar-refractivity contribution in [3.63, 3.8) is 0 Å². The van der Waals surface area contributed by atoms with Crippen molar-refractivity contribution in [3.8, 4) is 0 Å². The van der Waals surface area contributed by atoms with E-state index >= 15 is 0 Å². The van der Waals surface area contributed by atoms with Gasteiger partial charge in [0.25, 0.3) is 0 Å². The largest absolute Gasteiger partial charge is 0.445 e. The molecular formula is C23H25F2NO3. The van der Waals surface area contributed by atoms with Crippen molar-refractivity contribution in [2.75, 3.05) is 0 Å². The van der Waals surface area contributed by atoms with E-state index in [1.165, 1.54) is 12.1 Å². The Bertz CT molecular complexity index is 860. The first-order valence-corrected chi connectivity index (χ1v) is 10.1. The molecule has 2 atom stereocenters. The van der Waals surface area contributed by atoms with Crippen LogP contribution in [-0.2, 0) is 17.8 Å². The third-order valence-electron chi connectivity index (χ3n) is 6.04. The summed E-state index contributed by atoms with van der Waals surface area (Å²) in [6, 6.07) is 12.7. The van der Waals surface area contributed by atoms with Gasteiger partial charge in [-0.05, 0) is 49.3 Å². The van der Waals surface area contributed by atoms with E-state index in [0.717, 1.165) is 30.9 Å². The number of piperidine rings is 2. The fourth-order valence-electron chi connectivity index (χ4n) is 4.78. The Morgan fingerprint density at radius 1 is 1.10 bits per heavy atom. The van der Waals surface area contributed by atoms with Gasteiger partial charge in [0.2, 0.25) is 0 Å². The highest BCUT2D eigenvalue weighted by Gasteiger charge is 2.48. The highest BCUT2D eigenvalue weighted by atomic mass is 19.1. The Hall–Kier alpha value is -2.47. The standard InChI is InChI=1S/C23H25F2NO3/c24-18-10-9-17(21(25)11-18)12-23(28)13-19-7-4-8-20(14-23)26(19)22(27)29-15-16-5-2-1-3-6-16/h1-3,5-6,9-11,19-20,28H,4,7-8,12-15H2. The minimum absolute atomic E-state index is 0.110. The molecule has 1 N–H and O–H groups in total.